The fourth-order valence-electron chi connectivity index (χ4n) is 2.24. The van der Waals surface area contributed by atoms with Gasteiger partial charge >= 0.3 is 0 Å². The van der Waals surface area contributed by atoms with E-state index in [9.17, 15) is 4.79 Å². The van der Waals surface area contributed by atoms with Gasteiger partial charge in [0.05, 0.1) is 5.69 Å². The Hall–Kier alpha value is -1.85. The quantitative estimate of drug-likeness (QED) is 0.805. The number of benzene rings is 1. The van der Waals surface area contributed by atoms with E-state index in [1.165, 1.54) is 0 Å². The van der Waals surface area contributed by atoms with E-state index in [-0.39, 0.29) is 24.4 Å². The summed E-state index contributed by atoms with van der Waals surface area (Å²) in [6.07, 6.45) is 0.978. The van der Waals surface area contributed by atoms with Crippen LogP contribution in [0.5, 0.6) is 0 Å². The smallest absolute Gasteiger partial charge is 0.269 e. The summed E-state index contributed by atoms with van der Waals surface area (Å²) < 4.78 is 0. The van der Waals surface area contributed by atoms with Gasteiger partial charge in [-0.3, -0.25) is 9.89 Å². The number of nitrogens with zero attached hydrogens (tertiary/aromatic N) is 1. The fourth-order valence-corrected chi connectivity index (χ4v) is 2.24. The van der Waals surface area contributed by atoms with Gasteiger partial charge in [0, 0.05) is 18.2 Å². The number of hydrogen-bond acceptors (Lipinski definition) is 3. The Balaban J connectivity index is 0.00000147. The molecule has 3 N–H and O–H groups in total. The maximum absolute atomic E-state index is 12.0. The molecule has 1 amide bonds. The molecule has 2 aromatic rings. The summed E-state index contributed by atoms with van der Waals surface area (Å²) in [5.74, 6) is -0.0941. The average molecular weight is 293 g/mol. The van der Waals surface area contributed by atoms with Crippen molar-refractivity contribution in [1.29, 1.82) is 0 Å². The first-order valence-corrected chi connectivity index (χ1v) is 6.45. The third kappa shape index (κ3) is 3.18. The van der Waals surface area contributed by atoms with Gasteiger partial charge < -0.3 is 10.6 Å². The minimum atomic E-state index is -0.0941. The summed E-state index contributed by atoms with van der Waals surface area (Å²) in [4.78, 5) is 12.0. The number of aromatic nitrogens is 2. The van der Waals surface area contributed by atoms with Gasteiger partial charge in [0.25, 0.3) is 5.91 Å². The number of rotatable bonds is 3. The van der Waals surface area contributed by atoms with Crippen LogP contribution in [0.4, 0.5) is 0 Å². The van der Waals surface area contributed by atoms with Crippen molar-refractivity contribution in [2.75, 3.05) is 13.1 Å². The summed E-state index contributed by atoms with van der Waals surface area (Å²) in [6, 6.07) is 11.8. The van der Waals surface area contributed by atoms with Crippen molar-refractivity contribution in [1.82, 2.24) is 20.8 Å². The van der Waals surface area contributed by atoms with Crippen molar-refractivity contribution < 1.29 is 4.79 Å². The van der Waals surface area contributed by atoms with Crippen LogP contribution in [0.15, 0.2) is 36.4 Å². The largest absolute Gasteiger partial charge is 0.347 e. The molecule has 1 aromatic carbocycles. The van der Waals surface area contributed by atoms with Crippen LogP contribution in [0.3, 0.4) is 0 Å². The Bertz CT molecular complexity index is 564. The molecule has 6 heteroatoms. The Kier molecular flexibility index (Phi) is 4.76. The van der Waals surface area contributed by atoms with Crippen molar-refractivity contribution in [3.05, 3.63) is 42.1 Å². The zero-order valence-corrected chi connectivity index (χ0v) is 11.7. The van der Waals surface area contributed by atoms with Crippen LogP contribution in [0.25, 0.3) is 11.3 Å². The third-order valence-electron chi connectivity index (χ3n) is 3.29. The number of halogens is 1. The van der Waals surface area contributed by atoms with E-state index in [0.717, 1.165) is 30.8 Å². The maximum atomic E-state index is 12.0. The van der Waals surface area contributed by atoms with Gasteiger partial charge in [0.2, 0.25) is 0 Å². The molecule has 3 rings (SSSR count). The highest BCUT2D eigenvalue weighted by atomic mass is 35.5. The first-order chi connectivity index (χ1) is 9.33. The molecule has 106 valence electrons. The lowest BCUT2D eigenvalue weighted by Gasteiger charge is -2.09. The number of nitrogens with one attached hydrogen (secondary N) is 3. The molecule has 1 aromatic heterocycles. The summed E-state index contributed by atoms with van der Waals surface area (Å²) >= 11 is 0. The van der Waals surface area contributed by atoms with Crippen molar-refractivity contribution in [2.24, 2.45) is 0 Å². The van der Waals surface area contributed by atoms with Crippen LogP contribution in [-0.4, -0.2) is 35.2 Å². The number of carbonyl (C=O) groups excluding carboxylic acids is 1. The standard InChI is InChI=1S/C14H16N4O.ClH/c19-14(16-11-6-7-15-9-11)13-8-12(17-18-13)10-4-2-1-3-5-10;/h1-5,8,11,15H,6-7,9H2,(H,16,19)(H,17,18);1H. The molecule has 1 aliphatic heterocycles. The van der Waals surface area contributed by atoms with Crippen LogP contribution in [0.1, 0.15) is 16.9 Å². The topological polar surface area (TPSA) is 69.8 Å². The van der Waals surface area contributed by atoms with Crippen molar-refractivity contribution in [3.63, 3.8) is 0 Å². The van der Waals surface area contributed by atoms with Gasteiger partial charge in [-0.05, 0) is 19.0 Å². The molecule has 1 saturated heterocycles. The van der Waals surface area contributed by atoms with Gasteiger partial charge in [-0.1, -0.05) is 30.3 Å². The highest BCUT2D eigenvalue weighted by Crippen LogP contribution is 2.16. The molecule has 1 atom stereocenters. The molecule has 0 bridgehead atoms. The van der Waals surface area contributed by atoms with E-state index in [0.29, 0.717) is 5.69 Å². The second-order valence-electron chi connectivity index (χ2n) is 4.70. The van der Waals surface area contributed by atoms with Crippen LogP contribution in [0, 0.1) is 0 Å². The normalized spacial score (nSPS) is 17.5. The zero-order chi connectivity index (χ0) is 13.1. The van der Waals surface area contributed by atoms with E-state index in [2.05, 4.69) is 20.8 Å². The lowest BCUT2D eigenvalue weighted by molar-refractivity contribution is 0.0935. The number of aromatic amines is 1. The van der Waals surface area contributed by atoms with Crippen LogP contribution in [-0.2, 0) is 0 Å². The van der Waals surface area contributed by atoms with E-state index in [1.54, 1.807) is 6.07 Å². The molecule has 2 heterocycles. The Morgan fingerprint density at radius 1 is 1.30 bits per heavy atom. The van der Waals surface area contributed by atoms with Gasteiger partial charge in [0.15, 0.2) is 0 Å². The molecule has 0 saturated carbocycles. The molecule has 0 radical (unpaired) electrons. The van der Waals surface area contributed by atoms with E-state index >= 15 is 0 Å². The molecule has 1 unspecified atom stereocenters. The summed E-state index contributed by atoms with van der Waals surface area (Å²) in [5, 5.41) is 13.2. The van der Waals surface area contributed by atoms with Crippen LogP contribution < -0.4 is 10.6 Å². The second-order valence-corrected chi connectivity index (χ2v) is 4.70. The fraction of sp³-hybridized carbons (Fsp3) is 0.286. The van der Waals surface area contributed by atoms with E-state index < -0.39 is 0 Å². The number of amides is 1. The average Bonchev–Trinajstić information content (AvgIpc) is 3.10. The molecule has 5 nitrogen and oxygen atoms in total. The van der Waals surface area contributed by atoms with Gasteiger partial charge in [-0.25, -0.2) is 0 Å². The first-order valence-electron chi connectivity index (χ1n) is 6.45. The number of carbonyl (C=O) groups is 1. The molecular weight excluding hydrogens is 276 g/mol. The number of hydrogen-bond donors (Lipinski definition) is 3. The molecule has 0 aliphatic carbocycles. The third-order valence-corrected chi connectivity index (χ3v) is 3.29. The molecule has 1 fully saturated rings. The summed E-state index contributed by atoms with van der Waals surface area (Å²) in [5.41, 5.74) is 2.29. The van der Waals surface area contributed by atoms with Crippen molar-refractivity contribution in [3.8, 4) is 11.3 Å². The molecule has 0 spiro atoms. The Morgan fingerprint density at radius 2 is 2.10 bits per heavy atom. The molecule has 1 aliphatic rings. The maximum Gasteiger partial charge on any atom is 0.269 e. The zero-order valence-electron chi connectivity index (χ0n) is 10.9. The highest BCUT2D eigenvalue weighted by Gasteiger charge is 2.18. The minimum Gasteiger partial charge on any atom is -0.347 e. The molecular formula is C14H17ClN4O. The first kappa shape index (κ1) is 14.6. The monoisotopic (exact) mass is 292 g/mol. The van der Waals surface area contributed by atoms with E-state index in [4.69, 9.17) is 0 Å². The second kappa shape index (κ2) is 6.54. The lowest BCUT2D eigenvalue weighted by atomic mass is 10.1. The SMILES string of the molecule is Cl.O=C(NC1CCNC1)c1cc(-c2ccccc2)n[nH]1. The predicted octanol–water partition coefficient (Wildman–Crippen LogP) is 1.59. The molecule has 20 heavy (non-hydrogen) atoms. The van der Waals surface area contributed by atoms with Crippen LogP contribution >= 0.6 is 12.4 Å². The van der Waals surface area contributed by atoms with Crippen LogP contribution in [0.2, 0.25) is 0 Å². The highest BCUT2D eigenvalue weighted by molar-refractivity contribution is 5.93. The van der Waals surface area contributed by atoms with Gasteiger partial charge in [-0.2, -0.15) is 5.10 Å². The summed E-state index contributed by atoms with van der Waals surface area (Å²) in [6.45, 7) is 1.80. The van der Waals surface area contributed by atoms with Gasteiger partial charge in [-0.15, -0.1) is 12.4 Å². The van der Waals surface area contributed by atoms with Crippen molar-refractivity contribution >= 4 is 18.3 Å². The summed E-state index contributed by atoms with van der Waals surface area (Å²) in [7, 11) is 0. The van der Waals surface area contributed by atoms with Crippen molar-refractivity contribution in [2.45, 2.75) is 12.5 Å². The van der Waals surface area contributed by atoms with Gasteiger partial charge in [0.1, 0.15) is 5.69 Å². The predicted molar refractivity (Wildman–Crippen MR) is 80.0 cm³/mol. The Morgan fingerprint density at radius 3 is 2.80 bits per heavy atom. The van der Waals surface area contributed by atoms with E-state index in [1.807, 2.05) is 30.3 Å². The lowest BCUT2D eigenvalue weighted by Crippen LogP contribution is -2.36. The number of H-pyrrole nitrogens is 1. The Labute approximate surface area is 123 Å². The minimum absolute atomic E-state index is 0.